The van der Waals surface area contributed by atoms with Gasteiger partial charge in [0.1, 0.15) is 11.6 Å². The zero-order chi connectivity index (χ0) is 16.8. The van der Waals surface area contributed by atoms with Gasteiger partial charge in [0.25, 0.3) is 11.8 Å². The third-order valence-electron chi connectivity index (χ3n) is 3.94. The van der Waals surface area contributed by atoms with Crippen molar-refractivity contribution < 1.29 is 18.4 Å². The lowest BCUT2D eigenvalue weighted by atomic mass is 10.1. The van der Waals surface area contributed by atoms with Crippen molar-refractivity contribution in [2.45, 2.75) is 12.1 Å². The summed E-state index contributed by atoms with van der Waals surface area (Å²) in [5.74, 6) is -2.04. The zero-order valence-corrected chi connectivity index (χ0v) is 12.1. The zero-order valence-electron chi connectivity index (χ0n) is 12.1. The Balaban J connectivity index is 1.70. The lowest BCUT2D eigenvalue weighted by molar-refractivity contribution is -0.121. The molecule has 2 aliphatic heterocycles. The predicted octanol–water partition coefficient (Wildman–Crippen LogP) is 2.46. The average Bonchev–Trinajstić information content (AvgIpc) is 3.10. The molecule has 4 rings (SSSR count). The third-order valence-corrected chi connectivity index (χ3v) is 3.94. The number of benzene rings is 2. The second kappa shape index (κ2) is 5.19. The summed E-state index contributed by atoms with van der Waals surface area (Å²) >= 11 is 0. The summed E-state index contributed by atoms with van der Waals surface area (Å²) in [4.78, 5) is 26.1. The fourth-order valence-electron chi connectivity index (χ4n) is 2.84. The number of halogens is 2. The molecule has 2 heterocycles. The smallest absolute Gasteiger partial charge is 0.263 e. The van der Waals surface area contributed by atoms with Crippen LogP contribution in [0.4, 0.5) is 20.2 Å². The minimum atomic E-state index is -0.995. The van der Waals surface area contributed by atoms with Gasteiger partial charge in [-0.1, -0.05) is 11.3 Å². The molecule has 1 fully saturated rings. The maximum absolute atomic E-state index is 13.4. The molecule has 0 aliphatic carbocycles. The van der Waals surface area contributed by atoms with Crippen molar-refractivity contribution in [3.63, 3.8) is 0 Å². The highest BCUT2D eigenvalue weighted by atomic mass is 19.1. The molecule has 0 bridgehead atoms. The van der Waals surface area contributed by atoms with E-state index in [4.69, 9.17) is 0 Å². The molecule has 24 heavy (non-hydrogen) atoms. The molecule has 2 aliphatic rings. The van der Waals surface area contributed by atoms with E-state index in [0.29, 0.717) is 5.69 Å². The van der Waals surface area contributed by atoms with Gasteiger partial charge in [0.05, 0.1) is 11.4 Å². The number of hydrogen-bond acceptors (Lipinski definition) is 5. The van der Waals surface area contributed by atoms with E-state index in [1.807, 2.05) is 0 Å². The van der Waals surface area contributed by atoms with Crippen molar-refractivity contribution in [1.29, 1.82) is 0 Å². The highest BCUT2D eigenvalue weighted by molar-refractivity contribution is 6.26. The van der Waals surface area contributed by atoms with E-state index in [1.54, 1.807) is 6.07 Å². The van der Waals surface area contributed by atoms with Crippen LogP contribution in [0.5, 0.6) is 0 Å². The molecule has 120 valence electrons. The minimum Gasteiger partial charge on any atom is -0.271 e. The molecule has 2 aromatic rings. The second-order valence-corrected chi connectivity index (χ2v) is 5.41. The molecule has 2 amide bonds. The Morgan fingerprint density at radius 3 is 2.33 bits per heavy atom. The molecule has 0 saturated carbocycles. The number of amides is 2. The Kier molecular flexibility index (Phi) is 3.12. The van der Waals surface area contributed by atoms with Gasteiger partial charge in [-0.2, -0.15) is 5.11 Å². The molecule has 0 N–H and O–H groups in total. The van der Waals surface area contributed by atoms with E-state index in [2.05, 4.69) is 10.3 Å². The highest BCUT2D eigenvalue weighted by Gasteiger charge is 2.55. The summed E-state index contributed by atoms with van der Waals surface area (Å²) in [5.41, 5.74) is 0.587. The van der Waals surface area contributed by atoms with Crippen molar-refractivity contribution in [2.24, 2.45) is 10.3 Å². The number of rotatable bonds is 2. The van der Waals surface area contributed by atoms with E-state index < -0.39 is 35.5 Å². The molecule has 2 atom stereocenters. The second-order valence-electron chi connectivity index (χ2n) is 5.41. The number of carbonyl (C=O) groups excluding carboxylic acids is 2. The quantitative estimate of drug-likeness (QED) is 0.796. The van der Waals surface area contributed by atoms with Crippen LogP contribution in [-0.2, 0) is 9.59 Å². The standard InChI is InChI=1S/C16H10F2N4O2/c17-9-4-6-11(7-5-9)21-15(23)13-14(16(21)24)22(20-19-13)12-3-1-2-10(18)8-12/h1-8,13-14H/t13-,14-/m1/s1. The van der Waals surface area contributed by atoms with E-state index in [0.717, 1.165) is 17.0 Å². The van der Waals surface area contributed by atoms with Crippen LogP contribution in [-0.4, -0.2) is 23.9 Å². The van der Waals surface area contributed by atoms with E-state index in [1.165, 1.54) is 35.3 Å². The number of carbonyl (C=O) groups is 2. The first-order chi connectivity index (χ1) is 11.6. The molecule has 1 saturated heterocycles. The Morgan fingerprint density at radius 1 is 0.875 bits per heavy atom. The van der Waals surface area contributed by atoms with Gasteiger partial charge in [0, 0.05) is 0 Å². The number of imide groups is 1. The number of nitrogens with zero attached hydrogens (tertiary/aromatic N) is 4. The van der Waals surface area contributed by atoms with Crippen LogP contribution < -0.4 is 9.91 Å². The van der Waals surface area contributed by atoms with Gasteiger partial charge in [0.2, 0.25) is 0 Å². The van der Waals surface area contributed by atoms with E-state index in [9.17, 15) is 18.4 Å². The van der Waals surface area contributed by atoms with Crippen LogP contribution in [0, 0.1) is 11.6 Å². The van der Waals surface area contributed by atoms with Crippen molar-refractivity contribution in [2.75, 3.05) is 9.91 Å². The highest BCUT2D eigenvalue weighted by Crippen LogP contribution is 2.34. The first-order valence-electron chi connectivity index (χ1n) is 7.15. The van der Waals surface area contributed by atoms with Crippen LogP contribution in [0.25, 0.3) is 0 Å². The van der Waals surface area contributed by atoms with Crippen LogP contribution in [0.15, 0.2) is 58.9 Å². The summed E-state index contributed by atoms with van der Waals surface area (Å²) in [6.07, 6.45) is 0. The topological polar surface area (TPSA) is 65.3 Å². The van der Waals surface area contributed by atoms with Gasteiger partial charge in [0.15, 0.2) is 12.1 Å². The summed E-state index contributed by atoms with van der Waals surface area (Å²) in [7, 11) is 0. The molecular weight excluding hydrogens is 318 g/mol. The third kappa shape index (κ3) is 2.07. The van der Waals surface area contributed by atoms with Crippen LogP contribution in [0.1, 0.15) is 0 Å². The number of fused-ring (bicyclic) bond motifs is 1. The molecule has 0 aromatic heterocycles. The fraction of sp³-hybridized carbons (Fsp3) is 0.125. The lowest BCUT2D eigenvalue weighted by Crippen LogP contribution is -2.39. The Morgan fingerprint density at radius 2 is 1.62 bits per heavy atom. The van der Waals surface area contributed by atoms with Gasteiger partial charge in [-0.15, -0.1) is 0 Å². The van der Waals surface area contributed by atoms with Crippen molar-refractivity contribution >= 4 is 23.2 Å². The number of anilines is 2. The van der Waals surface area contributed by atoms with E-state index in [-0.39, 0.29) is 5.69 Å². The summed E-state index contributed by atoms with van der Waals surface area (Å²) in [6, 6.07) is 8.57. The van der Waals surface area contributed by atoms with Crippen molar-refractivity contribution in [3.8, 4) is 0 Å². The average molecular weight is 328 g/mol. The van der Waals surface area contributed by atoms with Gasteiger partial charge < -0.3 is 0 Å². The molecule has 0 unspecified atom stereocenters. The van der Waals surface area contributed by atoms with Gasteiger partial charge in [-0.05, 0) is 42.5 Å². The lowest BCUT2D eigenvalue weighted by Gasteiger charge is -2.20. The normalized spacial score (nSPS) is 22.4. The van der Waals surface area contributed by atoms with Crippen molar-refractivity contribution in [3.05, 3.63) is 60.2 Å². The monoisotopic (exact) mass is 328 g/mol. The van der Waals surface area contributed by atoms with Gasteiger partial charge in [-0.25, -0.2) is 18.7 Å². The maximum atomic E-state index is 13.4. The maximum Gasteiger partial charge on any atom is 0.263 e. The first-order valence-corrected chi connectivity index (χ1v) is 7.15. The Hall–Kier alpha value is -3.16. The summed E-state index contributed by atoms with van der Waals surface area (Å²) in [5, 5.41) is 8.92. The van der Waals surface area contributed by atoms with E-state index >= 15 is 0 Å². The van der Waals surface area contributed by atoms with Gasteiger partial charge >= 0.3 is 0 Å². The predicted molar refractivity (Wildman–Crippen MR) is 80.2 cm³/mol. The SMILES string of the molecule is O=C1[C@@H]2N=NN(c3cccc(F)c3)[C@H]2C(=O)N1c1ccc(F)cc1. The first kappa shape index (κ1) is 14.4. The largest absolute Gasteiger partial charge is 0.271 e. The molecule has 0 spiro atoms. The number of hydrogen-bond donors (Lipinski definition) is 0. The molecule has 8 heteroatoms. The molecular formula is C16H10F2N4O2. The summed E-state index contributed by atoms with van der Waals surface area (Å²) < 4.78 is 26.5. The minimum absolute atomic E-state index is 0.259. The Labute approximate surface area is 135 Å². The van der Waals surface area contributed by atoms with Crippen LogP contribution >= 0.6 is 0 Å². The fourth-order valence-corrected chi connectivity index (χ4v) is 2.84. The Bertz CT molecular complexity index is 869. The van der Waals surface area contributed by atoms with Crippen LogP contribution in [0.3, 0.4) is 0 Å². The molecule has 0 radical (unpaired) electrons. The molecule has 2 aromatic carbocycles. The summed E-state index contributed by atoms with van der Waals surface area (Å²) in [6.45, 7) is 0. The van der Waals surface area contributed by atoms with Crippen LogP contribution in [0.2, 0.25) is 0 Å². The van der Waals surface area contributed by atoms with Crippen molar-refractivity contribution in [1.82, 2.24) is 0 Å². The van der Waals surface area contributed by atoms with Gasteiger partial charge in [-0.3, -0.25) is 9.59 Å². The molecule has 6 nitrogen and oxygen atoms in total.